The zero-order chi connectivity index (χ0) is 21.5. The van der Waals surface area contributed by atoms with E-state index < -0.39 is 6.10 Å². The number of benzene rings is 1. The average molecular weight is 418 g/mol. The number of nitrogens with one attached hydrogen (secondary N) is 1. The summed E-state index contributed by atoms with van der Waals surface area (Å²) in [7, 11) is 5.07. The lowest BCUT2D eigenvalue weighted by Gasteiger charge is -2.35. The zero-order valence-electron chi connectivity index (χ0n) is 18.0. The molecule has 1 aromatic carbocycles. The third kappa shape index (κ3) is 5.43. The second-order valence-corrected chi connectivity index (χ2v) is 7.11. The molecule has 9 heteroatoms. The minimum absolute atomic E-state index is 0.0659. The molecular weight excluding hydrogens is 386 g/mol. The van der Waals surface area contributed by atoms with Crippen molar-refractivity contribution >= 4 is 5.96 Å². The van der Waals surface area contributed by atoms with Gasteiger partial charge in [-0.15, -0.1) is 0 Å². The molecule has 164 valence electrons. The predicted molar refractivity (Wildman–Crippen MR) is 114 cm³/mol. The number of morpholine rings is 1. The molecule has 1 aliphatic rings. The van der Waals surface area contributed by atoms with Crippen LogP contribution in [0.15, 0.2) is 35.6 Å². The number of nitrogens with zero attached hydrogens (tertiary/aromatic N) is 4. The molecule has 2 unspecified atom stereocenters. The lowest BCUT2D eigenvalue weighted by atomic mass is 10.1. The Balaban J connectivity index is 1.72. The molecule has 1 aromatic heterocycles. The van der Waals surface area contributed by atoms with E-state index in [-0.39, 0.29) is 12.6 Å². The molecule has 0 amide bonds. The molecule has 0 radical (unpaired) electrons. The van der Waals surface area contributed by atoms with Gasteiger partial charge in [-0.1, -0.05) is 0 Å². The van der Waals surface area contributed by atoms with Crippen LogP contribution in [0.4, 0.5) is 0 Å². The Kier molecular flexibility index (Phi) is 7.53. The standard InChI is InChI=1S/C21H31N5O4/c1-5-22-21(26-6-7-30-20(14-26)16-11-24-25(2)13-16)23-12-19(27)15-8-17(28-3)10-18(9-15)29-4/h8-11,13,19-20,27H,5-7,12,14H2,1-4H3,(H,22,23). The molecule has 0 spiro atoms. The monoisotopic (exact) mass is 417 g/mol. The lowest BCUT2D eigenvalue weighted by Crippen LogP contribution is -2.48. The average Bonchev–Trinajstić information content (AvgIpc) is 3.22. The number of methoxy groups -OCH3 is 2. The summed E-state index contributed by atoms with van der Waals surface area (Å²) < 4.78 is 18.3. The first kappa shape index (κ1) is 21.9. The highest BCUT2D eigenvalue weighted by molar-refractivity contribution is 5.80. The first-order chi connectivity index (χ1) is 14.5. The van der Waals surface area contributed by atoms with E-state index in [9.17, 15) is 5.11 Å². The van der Waals surface area contributed by atoms with Gasteiger partial charge in [0.15, 0.2) is 5.96 Å². The third-order valence-corrected chi connectivity index (χ3v) is 4.97. The van der Waals surface area contributed by atoms with Crippen LogP contribution in [0.3, 0.4) is 0 Å². The minimum Gasteiger partial charge on any atom is -0.497 e. The topological polar surface area (TPSA) is 93.4 Å². The van der Waals surface area contributed by atoms with Crippen molar-refractivity contribution in [1.82, 2.24) is 20.0 Å². The van der Waals surface area contributed by atoms with Crippen LogP contribution in [0.25, 0.3) is 0 Å². The van der Waals surface area contributed by atoms with E-state index in [1.165, 1.54) is 0 Å². The second kappa shape index (κ2) is 10.3. The van der Waals surface area contributed by atoms with Gasteiger partial charge in [0.2, 0.25) is 0 Å². The van der Waals surface area contributed by atoms with Crippen molar-refractivity contribution in [3.05, 3.63) is 41.7 Å². The normalized spacial score (nSPS) is 18.2. The van der Waals surface area contributed by atoms with Crippen molar-refractivity contribution in [2.24, 2.45) is 12.0 Å². The van der Waals surface area contributed by atoms with Gasteiger partial charge in [-0.2, -0.15) is 5.10 Å². The SMILES string of the molecule is CCNC(=NCC(O)c1cc(OC)cc(OC)c1)N1CCOC(c2cnn(C)c2)C1. The summed E-state index contributed by atoms with van der Waals surface area (Å²) in [4.78, 5) is 6.84. The Morgan fingerprint density at radius 1 is 1.33 bits per heavy atom. The number of hydrogen-bond acceptors (Lipinski definition) is 6. The van der Waals surface area contributed by atoms with Gasteiger partial charge in [0.05, 0.1) is 46.2 Å². The van der Waals surface area contributed by atoms with Crippen LogP contribution >= 0.6 is 0 Å². The van der Waals surface area contributed by atoms with Crippen LogP contribution in [0, 0.1) is 0 Å². The summed E-state index contributed by atoms with van der Waals surface area (Å²) in [6.07, 6.45) is 2.96. The van der Waals surface area contributed by atoms with Crippen molar-refractivity contribution in [3.63, 3.8) is 0 Å². The van der Waals surface area contributed by atoms with E-state index in [1.807, 2.05) is 26.4 Å². The summed E-state index contributed by atoms with van der Waals surface area (Å²) in [5.41, 5.74) is 1.74. The van der Waals surface area contributed by atoms with Gasteiger partial charge in [0.25, 0.3) is 0 Å². The fourth-order valence-electron chi connectivity index (χ4n) is 3.38. The van der Waals surface area contributed by atoms with Gasteiger partial charge < -0.3 is 29.5 Å². The highest BCUT2D eigenvalue weighted by atomic mass is 16.5. The maximum Gasteiger partial charge on any atom is 0.194 e. The molecule has 2 N–H and O–H groups in total. The maximum atomic E-state index is 10.7. The smallest absolute Gasteiger partial charge is 0.194 e. The van der Waals surface area contributed by atoms with Crippen LogP contribution in [-0.2, 0) is 11.8 Å². The molecule has 0 saturated carbocycles. The lowest BCUT2D eigenvalue weighted by molar-refractivity contribution is -0.00811. The molecule has 2 aromatic rings. The van der Waals surface area contributed by atoms with Crippen molar-refractivity contribution in [3.8, 4) is 11.5 Å². The van der Waals surface area contributed by atoms with Crippen LogP contribution in [0.1, 0.15) is 30.3 Å². The molecule has 1 saturated heterocycles. The summed E-state index contributed by atoms with van der Waals surface area (Å²) in [5, 5.41) is 18.3. The highest BCUT2D eigenvalue weighted by Crippen LogP contribution is 2.27. The molecule has 3 rings (SSSR count). The van der Waals surface area contributed by atoms with Crippen LogP contribution < -0.4 is 14.8 Å². The third-order valence-electron chi connectivity index (χ3n) is 4.97. The predicted octanol–water partition coefficient (Wildman–Crippen LogP) is 1.51. The van der Waals surface area contributed by atoms with Crippen LogP contribution in [0.5, 0.6) is 11.5 Å². The van der Waals surface area contributed by atoms with E-state index in [0.717, 1.165) is 24.6 Å². The van der Waals surface area contributed by atoms with E-state index in [4.69, 9.17) is 14.2 Å². The molecule has 1 fully saturated rings. The number of aliphatic hydroxyl groups excluding tert-OH is 1. The van der Waals surface area contributed by atoms with Crippen LogP contribution in [0.2, 0.25) is 0 Å². The molecule has 9 nitrogen and oxygen atoms in total. The number of ether oxygens (including phenoxy) is 3. The van der Waals surface area contributed by atoms with E-state index in [2.05, 4.69) is 20.3 Å². The van der Waals surface area contributed by atoms with Crippen molar-refractivity contribution in [1.29, 1.82) is 0 Å². The Bertz CT molecular complexity index is 831. The van der Waals surface area contributed by atoms with Gasteiger partial charge in [-0.05, 0) is 24.6 Å². The molecule has 2 atom stereocenters. The first-order valence-corrected chi connectivity index (χ1v) is 10.1. The first-order valence-electron chi connectivity index (χ1n) is 10.1. The van der Waals surface area contributed by atoms with Crippen LogP contribution in [-0.4, -0.2) is 72.8 Å². The largest absolute Gasteiger partial charge is 0.497 e. The number of rotatable bonds is 7. The number of aliphatic hydroxyl groups is 1. The van der Waals surface area contributed by atoms with E-state index in [1.54, 1.807) is 37.1 Å². The van der Waals surface area contributed by atoms with Gasteiger partial charge in [-0.25, -0.2) is 0 Å². The Morgan fingerprint density at radius 2 is 2.07 bits per heavy atom. The van der Waals surface area contributed by atoms with Gasteiger partial charge in [-0.3, -0.25) is 9.67 Å². The zero-order valence-corrected chi connectivity index (χ0v) is 18.0. The summed E-state index contributed by atoms with van der Waals surface area (Å²) in [6.45, 7) is 4.97. The second-order valence-electron chi connectivity index (χ2n) is 7.11. The fourth-order valence-corrected chi connectivity index (χ4v) is 3.38. The van der Waals surface area contributed by atoms with E-state index >= 15 is 0 Å². The van der Waals surface area contributed by atoms with Crippen molar-refractivity contribution in [2.75, 3.05) is 47.0 Å². The molecule has 1 aliphatic heterocycles. The maximum absolute atomic E-state index is 10.7. The minimum atomic E-state index is -0.780. The Morgan fingerprint density at radius 3 is 2.67 bits per heavy atom. The quantitative estimate of drug-likeness (QED) is 0.521. The summed E-state index contributed by atoms with van der Waals surface area (Å²) in [6, 6.07) is 5.36. The number of hydrogen-bond donors (Lipinski definition) is 2. The summed E-state index contributed by atoms with van der Waals surface area (Å²) >= 11 is 0. The fraction of sp³-hybridized carbons (Fsp3) is 0.524. The summed E-state index contributed by atoms with van der Waals surface area (Å²) in [5.74, 6) is 2.02. The molecule has 0 aliphatic carbocycles. The van der Waals surface area contributed by atoms with Gasteiger partial charge in [0.1, 0.15) is 17.6 Å². The van der Waals surface area contributed by atoms with E-state index in [0.29, 0.717) is 30.2 Å². The molecule has 2 heterocycles. The number of aliphatic imine (C=N–C) groups is 1. The Labute approximate surface area is 177 Å². The molecular formula is C21H31N5O4. The van der Waals surface area contributed by atoms with Gasteiger partial charge >= 0.3 is 0 Å². The number of aryl methyl sites for hydroxylation is 1. The number of guanidine groups is 1. The highest BCUT2D eigenvalue weighted by Gasteiger charge is 2.25. The Hall–Kier alpha value is -2.78. The molecule has 0 bridgehead atoms. The number of aromatic nitrogens is 2. The van der Waals surface area contributed by atoms with Crippen molar-refractivity contribution in [2.45, 2.75) is 19.1 Å². The molecule has 30 heavy (non-hydrogen) atoms. The van der Waals surface area contributed by atoms with Gasteiger partial charge in [0, 0.05) is 38.0 Å². The van der Waals surface area contributed by atoms with Crippen molar-refractivity contribution < 1.29 is 19.3 Å².